The number of benzene rings is 1. The first kappa shape index (κ1) is 18.9. The largest absolute Gasteiger partial charge is 0.432 e. The van der Waals surface area contributed by atoms with Crippen LogP contribution in [-0.4, -0.2) is 16.1 Å². The number of anilines is 1. The van der Waals surface area contributed by atoms with Crippen LogP contribution in [0.5, 0.6) is 0 Å². The topological polar surface area (TPSA) is 83.8 Å². The standard InChI is InChI=1S/C18H18F4N4O/c19-12-6-1-10(2-7-12)3-8-13(16(23)11-4-5-11)17(27)24-15-9-14(25-26-15)18(20,21)22/h1-2,6-7,9,11H,3-5,8,23H2,(H2,24,25,26,27)/b16-13-. The highest BCUT2D eigenvalue weighted by atomic mass is 19.4. The number of H-pyrrole nitrogens is 1. The second-order valence-corrected chi connectivity index (χ2v) is 6.45. The Labute approximate surface area is 152 Å². The third-order valence-electron chi connectivity index (χ3n) is 4.34. The molecule has 0 unspecified atom stereocenters. The maximum Gasteiger partial charge on any atom is 0.432 e. The first-order valence-electron chi connectivity index (χ1n) is 8.41. The zero-order valence-corrected chi connectivity index (χ0v) is 14.2. The molecule has 1 saturated carbocycles. The Kier molecular flexibility index (Phi) is 5.20. The van der Waals surface area contributed by atoms with Crippen molar-refractivity contribution in [1.29, 1.82) is 0 Å². The number of nitrogens with two attached hydrogens (primary N) is 1. The van der Waals surface area contributed by atoms with Crippen LogP contribution in [-0.2, 0) is 17.4 Å². The summed E-state index contributed by atoms with van der Waals surface area (Å²) in [4.78, 5) is 12.6. The Morgan fingerprint density at radius 3 is 2.48 bits per heavy atom. The number of halogens is 4. The molecule has 1 amide bonds. The van der Waals surface area contributed by atoms with E-state index < -0.39 is 17.8 Å². The molecule has 1 aromatic heterocycles. The quantitative estimate of drug-likeness (QED) is 0.525. The smallest absolute Gasteiger partial charge is 0.401 e. The monoisotopic (exact) mass is 382 g/mol. The Balaban J connectivity index is 1.73. The molecule has 5 nitrogen and oxygen atoms in total. The lowest BCUT2D eigenvalue weighted by atomic mass is 10.0. The van der Waals surface area contributed by atoms with E-state index in [0.29, 0.717) is 17.7 Å². The molecule has 27 heavy (non-hydrogen) atoms. The van der Waals surface area contributed by atoms with Gasteiger partial charge in [-0.3, -0.25) is 9.89 Å². The number of nitrogens with zero attached hydrogens (tertiary/aromatic N) is 1. The third kappa shape index (κ3) is 4.87. The summed E-state index contributed by atoms with van der Waals surface area (Å²) in [7, 11) is 0. The number of aryl methyl sites for hydroxylation is 1. The molecule has 1 heterocycles. The summed E-state index contributed by atoms with van der Waals surface area (Å²) in [5.74, 6) is -1.05. The first-order chi connectivity index (χ1) is 12.7. The lowest BCUT2D eigenvalue weighted by Crippen LogP contribution is -2.20. The zero-order chi connectivity index (χ0) is 19.6. The van der Waals surface area contributed by atoms with Crippen LogP contribution in [0.1, 0.15) is 30.5 Å². The van der Waals surface area contributed by atoms with E-state index in [1.165, 1.54) is 12.1 Å². The molecule has 1 aromatic carbocycles. The minimum atomic E-state index is -4.58. The second kappa shape index (κ2) is 7.42. The van der Waals surface area contributed by atoms with E-state index in [1.54, 1.807) is 12.1 Å². The lowest BCUT2D eigenvalue weighted by molar-refractivity contribution is -0.141. The Bertz CT molecular complexity index is 851. The maximum absolute atomic E-state index is 13.0. The molecule has 9 heteroatoms. The molecule has 4 N–H and O–H groups in total. The van der Waals surface area contributed by atoms with Crippen LogP contribution in [0, 0.1) is 11.7 Å². The number of amides is 1. The average molecular weight is 382 g/mol. The number of allylic oxidation sites excluding steroid dienone is 1. The van der Waals surface area contributed by atoms with E-state index in [9.17, 15) is 22.4 Å². The molecule has 0 aliphatic heterocycles. The Morgan fingerprint density at radius 2 is 1.93 bits per heavy atom. The van der Waals surface area contributed by atoms with Gasteiger partial charge in [-0.1, -0.05) is 12.1 Å². The van der Waals surface area contributed by atoms with Gasteiger partial charge in [-0.15, -0.1) is 0 Å². The van der Waals surface area contributed by atoms with Crippen LogP contribution < -0.4 is 11.1 Å². The van der Waals surface area contributed by atoms with Crippen LogP contribution in [0.15, 0.2) is 41.6 Å². The van der Waals surface area contributed by atoms with Crippen LogP contribution in [0.25, 0.3) is 0 Å². The van der Waals surface area contributed by atoms with Crippen LogP contribution >= 0.6 is 0 Å². The van der Waals surface area contributed by atoms with Gasteiger partial charge >= 0.3 is 6.18 Å². The average Bonchev–Trinajstić information content (AvgIpc) is 3.34. The fourth-order valence-electron chi connectivity index (χ4n) is 2.67. The molecule has 1 fully saturated rings. The summed E-state index contributed by atoms with van der Waals surface area (Å²) in [6.45, 7) is 0. The van der Waals surface area contributed by atoms with Gasteiger partial charge in [0, 0.05) is 17.3 Å². The molecule has 1 aliphatic carbocycles. The summed E-state index contributed by atoms with van der Waals surface area (Å²) in [5, 5.41) is 7.68. The molecule has 0 bridgehead atoms. The maximum atomic E-state index is 13.0. The number of hydrogen-bond acceptors (Lipinski definition) is 3. The van der Waals surface area contributed by atoms with E-state index >= 15 is 0 Å². The van der Waals surface area contributed by atoms with Crippen molar-refractivity contribution in [3.63, 3.8) is 0 Å². The van der Waals surface area contributed by atoms with Gasteiger partial charge in [0.05, 0.1) is 0 Å². The van der Waals surface area contributed by atoms with E-state index in [2.05, 4.69) is 10.4 Å². The molecular weight excluding hydrogens is 364 g/mol. The van der Waals surface area contributed by atoms with Crippen molar-refractivity contribution in [2.24, 2.45) is 11.7 Å². The van der Waals surface area contributed by atoms with Crippen LogP contribution in [0.2, 0.25) is 0 Å². The number of aromatic amines is 1. The van der Waals surface area contributed by atoms with E-state index in [1.807, 2.05) is 5.10 Å². The van der Waals surface area contributed by atoms with Crippen LogP contribution in [0.4, 0.5) is 23.4 Å². The first-order valence-corrected chi connectivity index (χ1v) is 8.41. The molecule has 3 rings (SSSR count). The fourth-order valence-corrected chi connectivity index (χ4v) is 2.67. The van der Waals surface area contributed by atoms with Crippen molar-refractivity contribution in [2.75, 3.05) is 5.32 Å². The minimum absolute atomic E-state index is 0.115. The van der Waals surface area contributed by atoms with Crippen molar-refractivity contribution < 1.29 is 22.4 Å². The summed E-state index contributed by atoms with van der Waals surface area (Å²) >= 11 is 0. The van der Waals surface area contributed by atoms with Gasteiger partial charge in [0.15, 0.2) is 5.82 Å². The van der Waals surface area contributed by atoms with Gasteiger partial charge < -0.3 is 11.1 Å². The van der Waals surface area contributed by atoms with Crippen molar-refractivity contribution in [1.82, 2.24) is 10.2 Å². The third-order valence-corrected chi connectivity index (χ3v) is 4.34. The number of alkyl halides is 3. The van der Waals surface area contributed by atoms with Crippen LogP contribution in [0.3, 0.4) is 0 Å². The van der Waals surface area contributed by atoms with Gasteiger partial charge in [0.1, 0.15) is 11.5 Å². The second-order valence-electron chi connectivity index (χ2n) is 6.45. The van der Waals surface area contributed by atoms with Gasteiger partial charge in [-0.05, 0) is 49.3 Å². The van der Waals surface area contributed by atoms with Gasteiger partial charge in [0.2, 0.25) is 0 Å². The van der Waals surface area contributed by atoms with Gasteiger partial charge in [-0.2, -0.15) is 18.3 Å². The molecule has 0 saturated heterocycles. The molecule has 1 aliphatic rings. The Hall–Kier alpha value is -2.84. The minimum Gasteiger partial charge on any atom is -0.401 e. The highest BCUT2D eigenvalue weighted by Crippen LogP contribution is 2.36. The fraction of sp³-hybridized carbons (Fsp3) is 0.333. The summed E-state index contributed by atoms with van der Waals surface area (Å²) < 4.78 is 50.9. The van der Waals surface area contributed by atoms with Crippen molar-refractivity contribution in [3.05, 3.63) is 58.7 Å². The molecule has 0 radical (unpaired) electrons. The normalized spacial score (nSPS) is 15.4. The molecular formula is C18H18F4N4O. The molecule has 144 valence electrons. The van der Waals surface area contributed by atoms with Crippen molar-refractivity contribution in [2.45, 2.75) is 31.9 Å². The molecule has 0 spiro atoms. The summed E-state index contributed by atoms with van der Waals surface area (Å²) in [5.41, 5.74) is 6.63. The number of rotatable bonds is 6. The number of aromatic nitrogens is 2. The SMILES string of the molecule is N/C(=C(/CCc1ccc(F)cc1)C(=O)Nc1cc(C(F)(F)F)[nH]n1)C1CC1. The van der Waals surface area contributed by atoms with E-state index in [0.717, 1.165) is 24.5 Å². The number of nitrogens with one attached hydrogen (secondary N) is 2. The molecule has 2 aromatic rings. The summed E-state index contributed by atoms with van der Waals surface area (Å²) in [6, 6.07) is 6.60. The number of carbonyl (C=O) groups excluding carboxylic acids is 1. The number of hydrogen-bond donors (Lipinski definition) is 3. The highest BCUT2D eigenvalue weighted by molar-refractivity contribution is 6.03. The Morgan fingerprint density at radius 1 is 1.26 bits per heavy atom. The number of carbonyl (C=O) groups is 1. The van der Waals surface area contributed by atoms with Crippen molar-refractivity contribution in [3.8, 4) is 0 Å². The van der Waals surface area contributed by atoms with Gasteiger partial charge in [0.25, 0.3) is 5.91 Å². The molecule has 0 atom stereocenters. The lowest BCUT2D eigenvalue weighted by Gasteiger charge is -2.11. The van der Waals surface area contributed by atoms with E-state index in [4.69, 9.17) is 5.73 Å². The van der Waals surface area contributed by atoms with Crippen molar-refractivity contribution >= 4 is 11.7 Å². The van der Waals surface area contributed by atoms with Gasteiger partial charge in [-0.25, -0.2) is 4.39 Å². The predicted octanol–water partition coefficient (Wildman–Crippen LogP) is 3.76. The summed E-state index contributed by atoms with van der Waals surface area (Å²) in [6.07, 6.45) is -2.09. The zero-order valence-electron chi connectivity index (χ0n) is 14.2. The predicted molar refractivity (Wildman–Crippen MR) is 90.9 cm³/mol. The highest BCUT2D eigenvalue weighted by Gasteiger charge is 2.33. The van der Waals surface area contributed by atoms with E-state index in [-0.39, 0.29) is 24.0 Å².